The number of aryl methyl sites for hydroxylation is 1. The van der Waals surface area contributed by atoms with Gasteiger partial charge in [-0.15, -0.1) is 11.3 Å². The van der Waals surface area contributed by atoms with Crippen LogP contribution in [0.5, 0.6) is 0 Å². The lowest BCUT2D eigenvalue weighted by molar-refractivity contribution is 0.609. The maximum Gasteiger partial charge on any atom is 0.0630 e. The lowest BCUT2D eigenvalue weighted by Crippen LogP contribution is -2.16. The van der Waals surface area contributed by atoms with Crippen molar-refractivity contribution in [1.29, 1.82) is 0 Å². The number of benzene rings is 1. The van der Waals surface area contributed by atoms with Gasteiger partial charge in [0.1, 0.15) is 0 Å². The molecule has 0 saturated carbocycles. The van der Waals surface area contributed by atoms with Crippen molar-refractivity contribution in [3.63, 3.8) is 0 Å². The molecule has 3 N–H and O–H groups in total. The molecule has 0 fully saturated rings. The fourth-order valence-corrected chi connectivity index (χ4v) is 4.13. The van der Waals surface area contributed by atoms with Gasteiger partial charge in [0.2, 0.25) is 0 Å². The van der Waals surface area contributed by atoms with Gasteiger partial charge in [-0.1, -0.05) is 6.07 Å². The highest BCUT2D eigenvalue weighted by Crippen LogP contribution is 2.37. The Bertz CT molecular complexity index is 794. The van der Waals surface area contributed by atoms with Crippen LogP contribution in [0.15, 0.2) is 42.0 Å². The van der Waals surface area contributed by atoms with Gasteiger partial charge in [0, 0.05) is 28.0 Å². The van der Waals surface area contributed by atoms with Crippen LogP contribution in [0.4, 0.5) is 11.4 Å². The first-order valence-corrected chi connectivity index (χ1v) is 8.16. The molecule has 0 bridgehead atoms. The summed E-state index contributed by atoms with van der Waals surface area (Å²) in [5, 5.41) is 7.99. The molecule has 1 aliphatic rings. The van der Waals surface area contributed by atoms with Crippen LogP contribution in [0.2, 0.25) is 0 Å². The molecule has 106 valence electrons. The second-order valence-electron chi connectivity index (χ2n) is 5.51. The highest BCUT2D eigenvalue weighted by atomic mass is 32.1. The van der Waals surface area contributed by atoms with E-state index in [4.69, 9.17) is 5.73 Å². The average Bonchev–Trinajstić information content (AvgIpc) is 3.00. The van der Waals surface area contributed by atoms with Crippen LogP contribution >= 0.6 is 11.3 Å². The van der Waals surface area contributed by atoms with Crippen LogP contribution in [0, 0.1) is 0 Å². The predicted molar refractivity (Wildman–Crippen MR) is 89.8 cm³/mol. The molecule has 3 aromatic rings. The molecule has 1 atom stereocenters. The van der Waals surface area contributed by atoms with Crippen molar-refractivity contribution in [2.45, 2.75) is 25.3 Å². The van der Waals surface area contributed by atoms with E-state index < -0.39 is 0 Å². The number of nitrogen functional groups attached to an aromatic ring is 1. The number of anilines is 2. The van der Waals surface area contributed by atoms with Gasteiger partial charge in [-0.05, 0) is 48.4 Å². The van der Waals surface area contributed by atoms with Crippen LogP contribution < -0.4 is 11.1 Å². The van der Waals surface area contributed by atoms with Crippen molar-refractivity contribution in [1.82, 2.24) is 4.98 Å². The molecular weight excluding hydrogens is 278 g/mol. The summed E-state index contributed by atoms with van der Waals surface area (Å²) < 4.78 is 0. The smallest absolute Gasteiger partial charge is 0.0630 e. The van der Waals surface area contributed by atoms with Crippen molar-refractivity contribution in [2.75, 3.05) is 11.1 Å². The standard InChI is InChI=1S/C17H17N3S/c18-17-12-6-8-19-10-11(12)4-5-15(17)20-14-2-1-3-16-13(14)7-9-21-16/h4-10,14,20H,1-3,18H2. The van der Waals surface area contributed by atoms with Crippen molar-refractivity contribution >= 4 is 33.5 Å². The van der Waals surface area contributed by atoms with Gasteiger partial charge in [0.05, 0.1) is 17.4 Å². The number of hydrogen-bond donors (Lipinski definition) is 2. The quantitative estimate of drug-likeness (QED) is 0.690. The van der Waals surface area contributed by atoms with Crippen LogP contribution in [0.3, 0.4) is 0 Å². The van der Waals surface area contributed by atoms with Gasteiger partial charge < -0.3 is 11.1 Å². The van der Waals surface area contributed by atoms with Crippen molar-refractivity contribution in [3.8, 4) is 0 Å². The second kappa shape index (κ2) is 5.04. The highest BCUT2D eigenvalue weighted by molar-refractivity contribution is 7.10. The van der Waals surface area contributed by atoms with E-state index in [0.29, 0.717) is 6.04 Å². The molecule has 0 spiro atoms. The fraction of sp³-hybridized carbons (Fsp3) is 0.235. The first kappa shape index (κ1) is 12.7. The third kappa shape index (κ3) is 2.16. The minimum absolute atomic E-state index is 0.376. The summed E-state index contributed by atoms with van der Waals surface area (Å²) in [5.41, 5.74) is 9.63. The normalized spacial score (nSPS) is 17.6. The zero-order valence-corrected chi connectivity index (χ0v) is 12.5. The van der Waals surface area contributed by atoms with E-state index in [1.54, 1.807) is 6.20 Å². The van der Waals surface area contributed by atoms with E-state index >= 15 is 0 Å². The zero-order valence-electron chi connectivity index (χ0n) is 11.7. The van der Waals surface area contributed by atoms with Gasteiger partial charge in [-0.3, -0.25) is 4.98 Å². The number of aromatic nitrogens is 1. The summed E-state index contributed by atoms with van der Waals surface area (Å²) in [6.07, 6.45) is 7.26. The molecule has 21 heavy (non-hydrogen) atoms. The number of nitrogens with zero attached hydrogens (tertiary/aromatic N) is 1. The minimum Gasteiger partial charge on any atom is -0.397 e. The molecule has 0 radical (unpaired) electrons. The van der Waals surface area contributed by atoms with Gasteiger partial charge in [-0.2, -0.15) is 0 Å². The minimum atomic E-state index is 0.376. The Kier molecular flexibility index (Phi) is 3.04. The van der Waals surface area contributed by atoms with E-state index in [2.05, 4.69) is 33.9 Å². The first-order valence-electron chi connectivity index (χ1n) is 7.28. The van der Waals surface area contributed by atoms with Crippen LogP contribution in [-0.4, -0.2) is 4.98 Å². The molecule has 0 amide bonds. The monoisotopic (exact) mass is 295 g/mol. The van der Waals surface area contributed by atoms with Crippen LogP contribution in [0.1, 0.15) is 29.3 Å². The van der Waals surface area contributed by atoms with Gasteiger partial charge in [0.25, 0.3) is 0 Å². The Hall–Kier alpha value is -2.07. The number of pyridine rings is 1. The maximum atomic E-state index is 6.34. The first-order chi connectivity index (χ1) is 10.3. The summed E-state index contributed by atoms with van der Waals surface area (Å²) in [4.78, 5) is 5.66. The third-order valence-corrected chi connectivity index (χ3v) is 5.24. The predicted octanol–water partition coefficient (Wildman–Crippen LogP) is 4.37. The van der Waals surface area contributed by atoms with E-state index in [0.717, 1.165) is 28.6 Å². The Morgan fingerprint density at radius 3 is 3.14 bits per heavy atom. The molecule has 4 heteroatoms. The number of fused-ring (bicyclic) bond motifs is 2. The number of hydrogen-bond acceptors (Lipinski definition) is 4. The molecule has 0 saturated heterocycles. The Labute approximate surface area is 127 Å². The zero-order chi connectivity index (χ0) is 14.2. The Morgan fingerprint density at radius 1 is 1.24 bits per heavy atom. The van der Waals surface area contributed by atoms with Crippen molar-refractivity contribution in [2.24, 2.45) is 0 Å². The van der Waals surface area contributed by atoms with Crippen molar-refractivity contribution < 1.29 is 0 Å². The molecule has 1 unspecified atom stereocenters. The van der Waals surface area contributed by atoms with E-state index in [9.17, 15) is 0 Å². The maximum absolute atomic E-state index is 6.34. The molecule has 2 aromatic heterocycles. The molecular formula is C17H17N3S. The van der Waals surface area contributed by atoms with Crippen LogP contribution in [-0.2, 0) is 6.42 Å². The molecule has 4 rings (SSSR count). The summed E-state index contributed by atoms with van der Waals surface area (Å²) in [5.74, 6) is 0. The number of nitrogens with one attached hydrogen (secondary N) is 1. The summed E-state index contributed by atoms with van der Waals surface area (Å²) >= 11 is 1.87. The van der Waals surface area contributed by atoms with Gasteiger partial charge in [0.15, 0.2) is 0 Å². The lowest BCUT2D eigenvalue weighted by atomic mass is 9.93. The van der Waals surface area contributed by atoms with E-state index in [1.807, 2.05) is 23.6 Å². The highest BCUT2D eigenvalue weighted by Gasteiger charge is 2.21. The van der Waals surface area contributed by atoms with Crippen LogP contribution in [0.25, 0.3) is 10.8 Å². The number of thiophene rings is 1. The summed E-state index contributed by atoms with van der Waals surface area (Å²) in [7, 11) is 0. The second-order valence-corrected chi connectivity index (χ2v) is 6.51. The summed E-state index contributed by atoms with van der Waals surface area (Å²) in [6.45, 7) is 0. The third-order valence-electron chi connectivity index (χ3n) is 4.24. The Balaban J connectivity index is 1.71. The molecule has 1 aliphatic carbocycles. The SMILES string of the molecule is Nc1c(NC2CCCc3sccc32)ccc2cnccc12. The van der Waals surface area contributed by atoms with E-state index in [-0.39, 0.29) is 0 Å². The molecule has 1 aromatic carbocycles. The van der Waals surface area contributed by atoms with Gasteiger partial charge >= 0.3 is 0 Å². The molecule has 3 nitrogen and oxygen atoms in total. The largest absolute Gasteiger partial charge is 0.397 e. The topological polar surface area (TPSA) is 50.9 Å². The molecule has 2 heterocycles. The van der Waals surface area contributed by atoms with Gasteiger partial charge in [-0.25, -0.2) is 0 Å². The average molecular weight is 295 g/mol. The lowest BCUT2D eigenvalue weighted by Gasteiger charge is -2.25. The van der Waals surface area contributed by atoms with Crippen molar-refractivity contribution in [3.05, 3.63) is 52.5 Å². The molecule has 0 aliphatic heterocycles. The number of rotatable bonds is 2. The fourth-order valence-electron chi connectivity index (χ4n) is 3.14. The van der Waals surface area contributed by atoms with E-state index in [1.165, 1.54) is 23.3 Å². The Morgan fingerprint density at radius 2 is 2.19 bits per heavy atom. The summed E-state index contributed by atoms with van der Waals surface area (Å²) in [6, 6.07) is 8.75. The number of nitrogens with two attached hydrogens (primary N) is 1.